The predicted octanol–water partition coefficient (Wildman–Crippen LogP) is 6.22. The Hall–Kier alpha value is -3.58. The van der Waals surface area contributed by atoms with Crippen LogP contribution < -0.4 is 10.6 Å². The van der Waals surface area contributed by atoms with Gasteiger partial charge in [-0.2, -0.15) is 0 Å². The highest BCUT2D eigenvalue weighted by Crippen LogP contribution is 2.33. The zero-order chi connectivity index (χ0) is 27.9. The number of nitrogens with zero attached hydrogens (tertiary/aromatic N) is 1. The van der Waals surface area contributed by atoms with Gasteiger partial charge in [-0.3, -0.25) is 9.59 Å². The molecule has 1 saturated heterocycles. The van der Waals surface area contributed by atoms with Crippen molar-refractivity contribution in [1.82, 2.24) is 10.2 Å². The monoisotopic (exact) mass is 545 g/mol. The van der Waals surface area contributed by atoms with E-state index in [1.807, 2.05) is 12.1 Å². The van der Waals surface area contributed by atoms with Gasteiger partial charge in [-0.05, 0) is 117 Å². The number of carbonyl (C=O) groups excluding carboxylic acids is 2. The first kappa shape index (κ1) is 28.0. The number of carbonyl (C=O) groups is 2. The average Bonchev–Trinajstić information content (AvgIpc) is 3.78. The molecular weight excluding hydrogens is 508 g/mol. The fourth-order valence-electron chi connectivity index (χ4n) is 5.58. The molecule has 40 heavy (non-hydrogen) atoms. The van der Waals surface area contributed by atoms with Crippen molar-refractivity contribution in [3.8, 4) is 0 Å². The molecule has 0 unspecified atom stereocenters. The van der Waals surface area contributed by atoms with Gasteiger partial charge in [0, 0.05) is 18.7 Å². The number of hydrogen-bond acceptors (Lipinski definition) is 3. The first-order valence-electron chi connectivity index (χ1n) is 14.4. The maximum absolute atomic E-state index is 13.5. The molecule has 2 fully saturated rings. The van der Waals surface area contributed by atoms with Gasteiger partial charge in [-0.15, -0.1) is 0 Å². The Kier molecular flexibility index (Phi) is 9.22. The molecular formula is C33H37F2N3O2. The second kappa shape index (κ2) is 13.2. The standard InChI is InChI=1S/C33H37F2N3O2/c34-28-11-7-25(8-12-28)32(26-9-13-29(35)14-10-26)33(40)36-17-2-18-38-19-15-24(16-20-38)27-3-1-4-30(22-27)37-31(39)21-23-5-6-23/h1,3-4,7-14,22-24,32H,2,5-6,15-21H2,(H,36,40)(H,37,39). The lowest BCUT2D eigenvalue weighted by molar-refractivity contribution is -0.121. The number of amides is 2. The van der Waals surface area contributed by atoms with Crippen LogP contribution in [0.3, 0.4) is 0 Å². The third-order valence-electron chi connectivity index (χ3n) is 8.02. The van der Waals surface area contributed by atoms with E-state index in [0.29, 0.717) is 35.9 Å². The summed E-state index contributed by atoms with van der Waals surface area (Å²) in [7, 11) is 0. The molecule has 2 N–H and O–H groups in total. The van der Waals surface area contributed by atoms with E-state index in [2.05, 4.69) is 27.7 Å². The molecule has 7 heteroatoms. The number of likely N-dealkylation sites (tertiary alicyclic amines) is 1. The van der Waals surface area contributed by atoms with E-state index in [-0.39, 0.29) is 23.4 Å². The number of hydrogen-bond donors (Lipinski definition) is 2. The van der Waals surface area contributed by atoms with E-state index >= 15 is 0 Å². The van der Waals surface area contributed by atoms with Crippen molar-refractivity contribution in [2.75, 3.05) is 31.5 Å². The Morgan fingerprint density at radius 3 is 2.08 bits per heavy atom. The molecule has 2 amide bonds. The van der Waals surface area contributed by atoms with Gasteiger partial charge in [0.15, 0.2) is 0 Å². The van der Waals surface area contributed by atoms with Crippen LogP contribution in [0, 0.1) is 17.6 Å². The Labute approximate surface area is 235 Å². The Bertz CT molecular complexity index is 1240. The van der Waals surface area contributed by atoms with Gasteiger partial charge < -0.3 is 15.5 Å². The summed E-state index contributed by atoms with van der Waals surface area (Å²) in [5.41, 5.74) is 3.50. The van der Waals surface area contributed by atoms with Crippen molar-refractivity contribution in [3.05, 3.63) is 101 Å². The third-order valence-corrected chi connectivity index (χ3v) is 8.02. The number of benzene rings is 3. The normalized spacial score (nSPS) is 16.2. The molecule has 3 aromatic rings. The highest BCUT2D eigenvalue weighted by molar-refractivity contribution is 5.91. The summed E-state index contributed by atoms with van der Waals surface area (Å²) in [6.45, 7) is 3.40. The van der Waals surface area contributed by atoms with Gasteiger partial charge in [-0.1, -0.05) is 36.4 Å². The van der Waals surface area contributed by atoms with Crippen molar-refractivity contribution in [1.29, 1.82) is 0 Å². The lowest BCUT2D eigenvalue weighted by Gasteiger charge is -2.32. The number of rotatable bonds is 11. The Morgan fingerprint density at radius 1 is 0.850 bits per heavy atom. The first-order chi connectivity index (χ1) is 19.4. The largest absolute Gasteiger partial charge is 0.355 e. The van der Waals surface area contributed by atoms with E-state index in [1.54, 1.807) is 24.3 Å². The van der Waals surface area contributed by atoms with E-state index in [1.165, 1.54) is 42.7 Å². The molecule has 1 aliphatic carbocycles. The van der Waals surface area contributed by atoms with Crippen LogP contribution in [0.25, 0.3) is 0 Å². The molecule has 1 aliphatic heterocycles. The van der Waals surface area contributed by atoms with Gasteiger partial charge in [0.05, 0.1) is 5.92 Å². The first-order valence-corrected chi connectivity index (χ1v) is 14.4. The molecule has 3 aromatic carbocycles. The molecule has 5 rings (SSSR count). The summed E-state index contributed by atoms with van der Waals surface area (Å²) in [6, 6.07) is 20.0. The van der Waals surface area contributed by atoms with Gasteiger partial charge in [0.2, 0.25) is 11.8 Å². The molecule has 1 heterocycles. The van der Waals surface area contributed by atoms with Crippen LogP contribution in [0.5, 0.6) is 0 Å². The molecule has 2 aliphatic rings. The maximum Gasteiger partial charge on any atom is 0.232 e. The number of anilines is 1. The van der Waals surface area contributed by atoms with Crippen molar-refractivity contribution < 1.29 is 18.4 Å². The minimum atomic E-state index is -0.633. The molecule has 1 saturated carbocycles. The van der Waals surface area contributed by atoms with Crippen LogP contribution in [-0.2, 0) is 9.59 Å². The summed E-state index contributed by atoms with van der Waals surface area (Å²) >= 11 is 0. The lowest BCUT2D eigenvalue weighted by Crippen LogP contribution is -2.36. The van der Waals surface area contributed by atoms with E-state index in [4.69, 9.17) is 0 Å². The minimum Gasteiger partial charge on any atom is -0.355 e. The zero-order valence-electron chi connectivity index (χ0n) is 22.8. The predicted molar refractivity (Wildman–Crippen MR) is 153 cm³/mol. The summed E-state index contributed by atoms with van der Waals surface area (Å²) < 4.78 is 27.0. The topological polar surface area (TPSA) is 61.4 Å². The Balaban J connectivity index is 1.07. The van der Waals surface area contributed by atoms with E-state index in [0.717, 1.165) is 44.6 Å². The summed E-state index contributed by atoms with van der Waals surface area (Å²) in [5.74, 6) is -0.381. The molecule has 5 nitrogen and oxygen atoms in total. The van der Waals surface area contributed by atoms with Crippen LogP contribution in [0.15, 0.2) is 72.8 Å². The summed E-state index contributed by atoms with van der Waals surface area (Å²) in [4.78, 5) is 27.8. The van der Waals surface area contributed by atoms with Crippen LogP contribution in [0.1, 0.15) is 67.1 Å². The number of nitrogens with one attached hydrogen (secondary N) is 2. The summed E-state index contributed by atoms with van der Waals surface area (Å²) in [6.07, 6.45) is 5.91. The molecule has 0 radical (unpaired) electrons. The molecule has 210 valence electrons. The van der Waals surface area contributed by atoms with Crippen LogP contribution in [0.2, 0.25) is 0 Å². The second-order valence-corrected chi connectivity index (χ2v) is 11.1. The van der Waals surface area contributed by atoms with Gasteiger partial charge in [-0.25, -0.2) is 8.78 Å². The SMILES string of the molecule is O=C(CC1CC1)Nc1cccc(C2CCN(CCCNC(=O)C(c3ccc(F)cc3)c3ccc(F)cc3)CC2)c1. The van der Waals surface area contributed by atoms with Gasteiger partial charge in [0.1, 0.15) is 11.6 Å². The fraction of sp³-hybridized carbons (Fsp3) is 0.394. The third kappa shape index (κ3) is 7.75. The van der Waals surface area contributed by atoms with Gasteiger partial charge >= 0.3 is 0 Å². The molecule has 0 atom stereocenters. The lowest BCUT2D eigenvalue weighted by atomic mass is 9.89. The van der Waals surface area contributed by atoms with Crippen LogP contribution in [-0.4, -0.2) is 42.9 Å². The van der Waals surface area contributed by atoms with Crippen LogP contribution >= 0.6 is 0 Å². The smallest absolute Gasteiger partial charge is 0.232 e. The highest BCUT2D eigenvalue weighted by atomic mass is 19.1. The Morgan fingerprint density at radius 2 is 1.48 bits per heavy atom. The molecule has 0 spiro atoms. The van der Waals surface area contributed by atoms with Gasteiger partial charge in [0.25, 0.3) is 0 Å². The summed E-state index contributed by atoms with van der Waals surface area (Å²) in [5, 5.41) is 6.09. The van der Waals surface area contributed by atoms with E-state index in [9.17, 15) is 18.4 Å². The quantitative estimate of drug-likeness (QED) is 0.281. The maximum atomic E-state index is 13.5. The second-order valence-electron chi connectivity index (χ2n) is 11.1. The minimum absolute atomic E-state index is 0.114. The number of halogens is 2. The van der Waals surface area contributed by atoms with Crippen molar-refractivity contribution in [3.63, 3.8) is 0 Å². The fourth-order valence-corrected chi connectivity index (χ4v) is 5.58. The van der Waals surface area contributed by atoms with E-state index < -0.39 is 5.92 Å². The molecule has 0 bridgehead atoms. The zero-order valence-corrected chi connectivity index (χ0v) is 22.8. The molecule has 0 aromatic heterocycles. The van der Waals surface area contributed by atoms with Crippen molar-refractivity contribution >= 4 is 17.5 Å². The van der Waals surface area contributed by atoms with Crippen LogP contribution in [0.4, 0.5) is 14.5 Å². The average molecular weight is 546 g/mol. The number of piperidine rings is 1. The van der Waals surface area contributed by atoms with Crippen molar-refractivity contribution in [2.24, 2.45) is 5.92 Å². The van der Waals surface area contributed by atoms with Crippen molar-refractivity contribution in [2.45, 2.75) is 50.4 Å². The highest BCUT2D eigenvalue weighted by Gasteiger charge is 2.25.